The lowest BCUT2D eigenvalue weighted by atomic mass is 9.97. The lowest BCUT2D eigenvalue weighted by Gasteiger charge is -2.16. The number of halogens is 2. The minimum Gasteiger partial charge on any atom is -0.324 e. The maximum atomic E-state index is 6.04. The van der Waals surface area contributed by atoms with Crippen LogP contribution < -0.4 is 5.73 Å². The Bertz CT molecular complexity index is 299. The maximum Gasteiger partial charge on any atom is 0.0318 e. The fraction of sp³-hybridized carbons (Fsp3) is 0.400. The molecule has 0 aliphatic rings. The van der Waals surface area contributed by atoms with Crippen LogP contribution in [-0.4, -0.2) is 0 Å². The van der Waals surface area contributed by atoms with E-state index >= 15 is 0 Å². The van der Waals surface area contributed by atoms with E-state index in [1.807, 2.05) is 0 Å². The molecule has 0 aliphatic carbocycles. The molecule has 1 aromatic carbocycles. The van der Waals surface area contributed by atoms with E-state index < -0.39 is 0 Å². The third-order valence-electron chi connectivity index (χ3n) is 2.05. The molecule has 0 radical (unpaired) electrons. The van der Waals surface area contributed by atoms with E-state index in [9.17, 15) is 0 Å². The Labute approximate surface area is 101 Å². The van der Waals surface area contributed by atoms with Gasteiger partial charge in [-0.3, -0.25) is 0 Å². The Morgan fingerprint density at radius 1 is 1.38 bits per heavy atom. The smallest absolute Gasteiger partial charge is 0.0318 e. The third kappa shape index (κ3) is 2.92. The molecule has 1 nitrogen and oxygen atoms in total. The summed E-state index contributed by atoms with van der Waals surface area (Å²) in [5, 5.41) is 0. The number of hydrogen-bond donors (Lipinski definition) is 1. The summed E-state index contributed by atoms with van der Waals surface area (Å²) in [5.74, 6) is 0.483. The Hall–Kier alpha value is 0.390. The quantitative estimate of drug-likeness (QED) is 0.806. The molecule has 1 rings (SSSR count). The van der Waals surface area contributed by atoms with Crippen LogP contribution in [0.3, 0.4) is 0 Å². The minimum atomic E-state index is 0.140. The van der Waals surface area contributed by atoms with Gasteiger partial charge in [0.2, 0.25) is 0 Å². The highest BCUT2D eigenvalue weighted by atomic mass is 127. The predicted octanol–water partition coefficient (Wildman–Crippen LogP) is 3.71. The largest absolute Gasteiger partial charge is 0.324 e. The Kier molecular flexibility index (Phi) is 4.19. The van der Waals surface area contributed by atoms with Crippen molar-refractivity contribution in [1.29, 1.82) is 0 Å². The molecular weight excluding hydrogens is 341 g/mol. The second-order valence-corrected chi connectivity index (χ2v) is 5.46. The zero-order valence-electron chi connectivity index (χ0n) is 7.72. The van der Waals surface area contributed by atoms with Gasteiger partial charge >= 0.3 is 0 Å². The fourth-order valence-electron chi connectivity index (χ4n) is 1.10. The summed E-state index contributed by atoms with van der Waals surface area (Å²) in [5.41, 5.74) is 7.25. The standard InChI is InChI=1S/C10H13BrIN/c1-6(2)10(13)7-3-4-8(11)9(12)5-7/h3-6,10H,13H2,1-2H3/t10-/m0/s1. The van der Waals surface area contributed by atoms with Gasteiger partial charge in [0.25, 0.3) is 0 Å². The Morgan fingerprint density at radius 3 is 2.46 bits per heavy atom. The van der Waals surface area contributed by atoms with Crippen molar-refractivity contribution in [3.8, 4) is 0 Å². The number of benzene rings is 1. The van der Waals surface area contributed by atoms with Crippen LogP contribution in [0.25, 0.3) is 0 Å². The van der Waals surface area contributed by atoms with Crippen LogP contribution in [0.2, 0.25) is 0 Å². The van der Waals surface area contributed by atoms with Crippen LogP contribution in [0, 0.1) is 9.49 Å². The lowest BCUT2D eigenvalue weighted by molar-refractivity contribution is 0.514. The first-order valence-corrected chi connectivity index (χ1v) is 6.10. The summed E-state index contributed by atoms with van der Waals surface area (Å²) in [6.45, 7) is 4.28. The highest BCUT2D eigenvalue weighted by Crippen LogP contribution is 2.25. The van der Waals surface area contributed by atoms with Gasteiger partial charge in [-0.2, -0.15) is 0 Å². The first-order valence-electron chi connectivity index (χ1n) is 4.23. The van der Waals surface area contributed by atoms with Crippen molar-refractivity contribution in [3.63, 3.8) is 0 Å². The average molecular weight is 354 g/mol. The normalized spacial score (nSPS) is 13.4. The molecule has 0 bridgehead atoms. The molecule has 0 fully saturated rings. The molecule has 13 heavy (non-hydrogen) atoms. The second-order valence-electron chi connectivity index (χ2n) is 3.44. The molecule has 0 spiro atoms. The molecule has 1 atom stereocenters. The summed E-state index contributed by atoms with van der Waals surface area (Å²) in [6.07, 6.45) is 0. The third-order valence-corrected chi connectivity index (χ3v) is 4.37. The van der Waals surface area contributed by atoms with Gasteiger partial charge in [-0.1, -0.05) is 19.9 Å². The van der Waals surface area contributed by atoms with E-state index in [0.717, 1.165) is 4.47 Å². The van der Waals surface area contributed by atoms with Gasteiger partial charge in [-0.05, 0) is 62.1 Å². The number of hydrogen-bond acceptors (Lipinski definition) is 1. The van der Waals surface area contributed by atoms with E-state index in [4.69, 9.17) is 5.73 Å². The van der Waals surface area contributed by atoms with Crippen LogP contribution in [0.15, 0.2) is 22.7 Å². The summed E-state index contributed by atoms with van der Waals surface area (Å²) < 4.78 is 2.35. The van der Waals surface area contributed by atoms with Crippen molar-refractivity contribution in [2.75, 3.05) is 0 Å². The average Bonchev–Trinajstić information content (AvgIpc) is 2.08. The van der Waals surface area contributed by atoms with Gasteiger partial charge in [0, 0.05) is 14.1 Å². The molecule has 0 aromatic heterocycles. The summed E-state index contributed by atoms with van der Waals surface area (Å²) in [7, 11) is 0. The number of nitrogens with two attached hydrogens (primary N) is 1. The lowest BCUT2D eigenvalue weighted by Crippen LogP contribution is -2.16. The van der Waals surface area contributed by atoms with E-state index in [2.05, 4.69) is 70.6 Å². The van der Waals surface area contributed by atoms with E-state index in [0.29, 0.717) is 5.92 Å². The maximum absolute atomic E-state index is 6.04. The summed E-state index contributed by atoms with van der Waals surface area (Å²) in [6, 6.07) is 6.41. The molecule has 0 unspecified atom stereocenters. The minimum absolute atomic E-state index is 0.140. The first kappa shape index (κ1) is 11.5. The van der Waals surface area contributed by atoms with Gasteiger partial charge in [0.05, 0.1) is 0 Å². The van der Waals surface area contributed by atoms with Crippen LogP contribution in [0.1, 0.15) is 25.5 Å². The molecule has 0 heterocycles. The van der Waals surface area contributed by atoms with Crippen LogP contribution in [-0.2, 0) is 0 Å². The topological polar surface area (TPSA) is 26.0 Å². The van der Waals surface area contributed by atoms with Gasteiger partial charge in [-0.25, -0.2) is 0 Å². The molecular formula is C10H13BrIN. The monoisotopic (exact) mass is 353 g/mol. The second kappa shape index (κ2) is 4.75. The number of rotatable bonds is 2. The molecule has 72 valence electrons. The van der Waals surface area contributed by atoms with E-state index in [-0.39, 0.29) is 6.04 Å². The molecule has 0 saturated carbocycles. The van der Waals surface area contributed by atoms with Crippen LogP contribution >= 0.6 is 38.5 Å². The summed E-state index contributed by atoms with van der Waals surface area (Å²) >= 11 is 5.77. The van der Waals surface area contributed by atoms with Gasteiger partial charge in [-0.15, -0.1) is 0 Å². The van der Waals surface area contributed by atoms with Gasteiger partial charge < -0.3 is 5.73 Å². The molecule has 0 aliphatic heterocycles. The molecule has 0 amide bonds. The fourth-order valence-corrected chi connectivity index (χ4v) is 1.89. The van der Waals surface area contributed by atoms with Crippen molar-refractivity contribution in [2.45, 2.75) is 19.9 Å². The highest BCUT2D eigenvalue weighted by Gasteiger charge is 2.10. The Morgan fingerprint density at radius 2 is 2.00 bits per heavy atom. The van der Waals surface area contributed by atoms with Crippen molar-refractivity contribution in [1.82, 2.24) is 0 Å². The SMILES string of the molecule is CC(C)[C@H](N)c1ccc(Br)c(I)c1. The highest BCUT2D eigenvalue weighted by molar-refractivity contribution is 14.1. The van der Waals surface area contributed by atoms with Crippen LogP contribution in [0.4, 0.5) is 0 Å². The summed E-state index contributed by atoms with van der Waals surface area (Å²) in [4.78, 5) is 0. The van der Waals surface area contributed by atoms with Crippen molar-refractivity contribution in [3.05, 3.63) is 31.8 Å². The van der Waals surface area contributed by atoms with Gasteiger partial charge in [0.1, 0.15) is 0 Å². The van der Waals surface area contributed by atoms with Crippen molar-refractivity contribution < 1.29 is 0 Å². The zero-order valence-corrected chi connectivity index (χ0v) is 11.5. The van der Waals surface area contributed by atoms with Crippen molar-refractivity contribution in [2.24, 2.45) is 11.7 Å². The van der Waals surface area contributed by atoms with Gasteiger partial charge in [0.15, 0.2) is 0 Å². The van der Waals surface area contributed by atoms with Crippen molar-refractivity contribution >= 4 is 38.5 Å². The Balaban J connectivity index is 2.97. The predicted molar refractivity (Wildman–Crippen MR) is 68.6 cm³/mol. The molecule has 2 N–H and O–H groups in total. The molecule has 0 saturated heterocycles. The molecule has 3 heteroatoms. The molecule has 1 aromatic rings. The van der Waals surface area contributed by atoms with Crippen LogP contribution in [0.5, 0.6) is 0 Å². The van der Waals surface area contributed by atoms with E-state index in [1.54, 1.807) is 0 Å². The first-order chi connectivity index (χ1) is 6.02. The van der Waals surface area contributed by atoms with E-state index in [1.165, 1.54) is 9.13 Å². The zero-order chi connectivity index (χ0) is 10.0.